The third-order valence-electron chi connectivity index (χ3n) is 5.36. The second-order valence-electron chi connectivity index (χ2n) is 8.91. The maximum absolute atomic E-state index is 13.8. The summed E-state index contributed by atoms with van der Waals surface area (Å²) in [6.07, 6.45) is -3.58. The molecule has 0 spiro atoms. The fourth-order valence-electron chi connectivity index (χ4n) is 3.85. The van der Waals surface area contributed by atoms with Crippen molar-refractivity contribution >= 4 is 49.0 Å². The Kier molecular flexibility index (Phi) is 17.8. The van der Waals surface area contributed by atoms with Crippen molar-refractivity contribution in [2.75, 3.05) is 19.1 Å². The molecule has 0 saturated carbocycles. The number of carbonyl (C=O) groups excluding carboxylic acids is 2. The third-order valence-corrected chi connectivity index (χ3v) is 10.4. The summed E-state index contributed by atoms with van der Waals surface area (Å²) >= 11 is 0. The van der Waals surface area contributed by atoms with Crippen LogP contribution in [-0.2, 0) is 30.0 Å². The van der Waals surface area contributed by atoms with Gasteiger partial charge in [0.25, 0.3) is 0 Å². The van der Waals surface area contributed by atoms with Gasteiger partial charge in [0.05, 0.1) is 6.54 Å². The van der Waals surface area contributed by atoms with Crippen LogP contribution in [0, 0.1) is 0 Å². The normalized spacial score (nSPS) is 10.6. The zero-order valence-corrected chi connectivity index (χ0v) is 26.9. The second-order valence-corrected chi connectivity index (χ2v) is 13.3. The van der Waals surface area contributed by atoms with Crippen molar-refractivity contribution in [1.82, 2.24) is 4.90 Å². The van der Waals surface area contributed by atoms with Crippen LogP contribution in [0.3, 0.4) is 0 Å². The van der Waals surface area contributed by atoms with Crippen LogP contribution >= 0.6 is 15.8 Å². The van der Waals surface area contributed by atoms with Crippen LogP contribution in [-0.4, -0.2) is 42.1 Å². The first kappa shape index (κ1) is 38.1. The SMILES string of the molecule is CC(=O)[O-].CC(=O)[O-].FC(F)(F)CN(CP(c1ccccc1)c1ccccc1)CP(c1ccccc1)c1ccccc1.[Pd+2]. The number of carboxylic acid groups (broad SMARTS) is 2. The fourth-order valence-corrected chi connectivity index (χ4v) is 8.59. The van der Waals surface area contributed by atoms with E-state index in [0.717, 1.165) is 35.1 Å². The average Bonchev–Trinajstić information content (AvgIpc) is 2.95. The monoisotopic (exact) mass is 719 g/mol. The summed E-state index contributed by atoms with van der Waals surface area (Å²) in [5.41, 5.74) is 0. The molecule has 43 heavy (non-hydrogen) atoms. The van der Waals surface area contributed by atoms with Gasteiger partial charge < -0.3 is 19.8 Å². The topological polar surface area (TPSA) is 83.5 Å². The molecular weight excluding hydrogens is 688 g/mol. The number of aliphatic carboxylic acids is 2. The van der Waals surface area contributed by atoms with Crippen LogP contribution < -0.4 is 31.4 Å². The van der Waals surface area contributed by atoms with Gasteiger partial charge in [-0.2, -0.15) is 13.2 Å². The number of carbonyl (C=O) groups is 2. The van der Waals surface area contributed by atoms with Crippen LogP contribution in [0.25, 0.3) is 0 Å². The van der Waals surface area contributed by atoms with E-state index in [-0.39, 0.29) is 20.4 Å². The third kappa shape index (κ3) is 15.9. The van der Waals surface area contributed by atoms with E-state index in [2.05, 4.69) is 0 Å². The predicted molar refractivity (Wildman–Crippen MR) is 162 cm³/mol. The van der Waals surface area contributed by atoms with Crippen molar-refractivity contribution in [3.05, 3.63) is 121 Å². The van der Waals surface area contributed by atoms with Gasteiger partial charge >= 0.3 is 26.6 Å². The first-order valence-electron chi connectivity index (χ1n) is 12.9. The van der Waals surface area contributed by atoms with E-state index >= 15 is 0 Å². The van der Waals surface area contributed by atoms with E-state index in [1.807, 2.05) is 121 Å². The van der Waals surface area contributed by atoms with Crippen molar-refractivity contribution in [2.24, 2.45) is 0 Å². The Bertz CT molecular complexity index is 1150. The molecule has 4 rings (SSSR count). The van der Waals surface area contributed by atoms with Crippen LogP contribution in [0.2, 0.25) is 0 Å². The van der Waals surface area contributed by atoms with Crippen molar-refractivity contribution in [1.29, 1.82) is 0 Å². The Morgan fingerprint density at radius 1 is 0.581 bits per heavy atom. The molecule has 0 heterocycles. The predicted octanol–water partition coefficient (Wildman–Crippen LogP) is 3.54. The molecule has 0 saturated heterocycles. The molecule has 0 aliphatic carbocycles. The molecule has 0 atom stereocenters. The molecule has 230 valence electrons. The minimum atomic E-state index is -4.28. The Hall–Kier alpha value is -2.91. The number of rotatable bonds is 9. The van der Waals surface area contributed by atoms with Gasteiger partial charge in [-0.3, -0.25) is 4.90 Å². The number of hydrogen-bond acceptors (Lipinski definition) is 5. The van der Waals surface area contributed by atoms with Gasteiger partial charge in [-0.1, -0.05) is 121 Å². The zero-order chi connectivity index (χ0) is 31.0. The Labute approximate surface area is 266 Å². The fraction of sp³-hybridized carbons (Fsp3) is 0.188. The quantitative estimate of drug-likeness (QED) is 0.195. The van der Waals surface area contributed by atoms with Gasteiger partial charge in [0.1, 0.15) is 0 Å². The largest absolute Gasteiger partial charge is 2.00 e. The molecule has 0 aliphatic rings. The summed E-state index contributed by atoms with van der Waals surface area (Å²) in [4.78, 5) is 19.4. The number of alkyl halides is 3. The van der Waals surface area contributed by atoms with E-state index in [9.17, 15) is 13.2 Å². The van der Waals surface area contributed by atoms with Crippen LogP contribution in [0.1, 0.15) is 13.8 Å². The van der Waals surface area contributed by atoms with Gasteiger partial charge in [0.15, 0.2) is 0 Å². The molecule has 0 N–H and O–H groups in total. The van der Waals surface area contributed by atoms with Gasteiger partial charge in [-0.25, -0.2) is 0 Å². The van der Waals surface area contributed by atoms with E-state index < -0.39 is 40.5 Å². The molecule has 0 aliphatic heterocycles. The van der Waals surface area contributed by atoms with E-state index in [1.54, 1.807) is 4.90 Å². The summed E-state index contributed by atoms with van der Waals surface area (Å²) in [6.45, 7) is 1.02. The van der Waals surface area contributed by atoms with Gasteiger partial charge in [-0.15, -0.1) is 0 Å². The number of benzene rings is 4. The number of hydrogen-bond donors (Lipinski definition) is 0. The molecule has 4 aromatic rings. The average molecular weight is 720 g/mol. The Morgan fingerprint density at radius 3 is 0.977 bits per heavy atom. The van der Waals surface area contributed by atoms with Crippen molar-refractivity contribution < 1.29 is 53.4 Å². The molecule has 0 amide bonds. The van der Waals surface area contributed by atoms with Crippen molar-refractivity contribution in [2.45, 2.75) is 20.0 Å². The van der Waals surface area contributed by atoms with Gasteiger partial charge in [-0.05, 0) is 50.9 Å². The smallest absolute Gasteiger partial charge is 0.550 e. The number of carboxylic acids is 2. The molecule has 0 aromatic heterocycles. The molecule has 0 radical (unpaired) electrons. The Morgan fingerprint density at radius 2 is 0.791 bits per heavy atom. The number of halogens is 3. The summed E-state index contributed by atoms with van der Waals surface area (Å²) in [6, 6.07) is 39.7. The van der Waals surface area contributed by atoms with Crippen molar-refractivity contribution in [3.8, 4) is 0 Å². The minimum Gasteiger partial charge on any atom is -0.550 e. The first-order valence-corrected chi connectivity index (χ1v) is 15.9. The van der Waals surface area contributed by atoms with Gasteiger partial charge in [0.2, 0.25) is 0 Å². The molecular formula is C32H32F3NO4P2Pd. The maximum Gasteiger partial charge on any atom is 2.00 e. The molecule has 11 heteroatoms. The molecule has 5 nitrogen and oxygen atoms in total. The number of nitrogens with zero attached hydrogens (tertiary/aromatic N) is 1. The summed E-state index contributed by atoms with van der Waals surface area (Å²) in [5, 5.41) is 22.1. The minimum absolute atomic E-state index is 0. The summed E-state index contributed by atoms with van der Waals surface area (Å²) < 4.78 is 41.4. The molecule has 0 unspecified atom stereocenters. The summed E-state index contributed by atoms with van der Waals surface area (Å²) in [7, 11) is -1.95. The first-order chi connectivity index (χ1) is 20.0. The van der Waals surface area contributed by atoms with E-state index in [4.69, 9.17) is 19.8 Å². The molecule has 0 fully saturated rings. The zero-order valence-electron chi connectivity index (χ0n) is 23.6. The van der Waals surface area contributed by atoms with Crippen molar-refractivity contribution in [3.63, 3.8) is 0 Å². The maximum atomic E-state index is 13.8. The van der Waals surface area contributed by atoms with E-state index in [1.165, 1.54) is 0 Å². The van der Waals surface area contributed by atoms with Crippen LogP contribution in [0.15, 0.2) is 121 Å². The van der Waals surface area contributed by atoms with Crippen LogP contribution in [0.4, 0.5) is 13.2 Å². The molecule has 0 bridgehead atoms. The van der Waals surface area contributed by atoms with Crippen LogP contribution in [0.5, 0.6) is 0 Å². The summed E-state index contributed by atoms with van der Waals surface area (Å²) in [5.74, 6) is -2.17. The Balaban J connectivity index is 0.000000917. The van der Waals surface area contributed by atoms with E-state index in [0.29, 0.717) is 12.6 Å². The van der Waals surface area contributed by atoms with Gasteiger partial charge in [0, 0.05) is 24.5 Å². The standard InChI is InChI=1S/C28H26F3NP2.2C2H4O2.Pd/c29-28(30,31)21-32(22-33(24-13-5-1-6-14-24)25-15-7-2-8-16-25)23-34(26-17-9-3-10-18-26)27-19-11-4-12-20-27;2*1-2(3)4;/h1-20H,21-23H2;2*1H3,(H,3,4);/q;;;+2/p-2. The second kappa shape index (κ2) is 20.1. The molecule has 4 aromatic carbocycles.